The van der Waals surface area contributed by atoms with Crippen LogP contribution in [-0.4, -0.2) is 31.8 Å². The lowest BCUT2D eigenvalue weighted by atomic mass is 10.2. The number of carbonyl (C=O) groups is 2. The zero-order chi connectivity index (χ0) is 23.6. The first-order valence-electron chi connectivity index (χ1n) is 10.3. The molecule has 0 aliphatic rings. The molecule has 0 heterocycles. The summed E-state index contributed by atoms with van der Waals surface area (Å²) in [5.41, 5.74) is 1.64. The van der Waals surface area contributed by atoms with Gasteiger partial charge in [0.05, 0.1) is 6.61 Å². The number of nitrogens with zero attached hydrogens (tertiary/aromatic N) is 1. The molecule has 0 radical (unpaired) electrons. The highest BCUT2D eigenvalue weighted by Crippen LogP contribution is 2.19. The van der Waals surface area contributed by atoms with Crippen molar-refractivity contribution in [2.75, 3.05) is 35.2 Å². The van der Waals surface area contributed by atoms with Gasteiger partial charge in [-0.15, -0.1) is 0 Å². The summed E-state index contributed by atoms with van der Waals surface area (Å²) in [6, 6.07) is 18.3. The zero-order valence-corrected chi connectivity index (χ0v) is 18.7. The fourth-order valence-corrected chi connectivity index (χ4v) is 3.08. The van der Waals surface area contributed by atoms with Gasteiger partial charge < -0.3 is 20.7 Å². The molecule has 3 rings (SSSR count). The van der Waals surface area contributed by atoms with Crippen molar-refractivity contribution in [1.29, 1.82) is 0 Å². The van der Waals surface area contributed by atoms with Crippen LogP contribution in [-0.2, 0) is 0 Å². The van der Waals surface area contributed by atoms with E-state index < -0.39 is 17.9 Å². The summed E-state index contributed by atoms with van der Waals surface area (Å²) in [6.45, 7) is 2.77. The van der Waals surface area contributed by atoms with Crippen molar-refractivity contribution in [1.82, 2.24) is 5.32 Å². The quantitative estimate of drug-likeness (QED) is 0.392. The number of rotatable bonds is 8. The lowest BCUT2D eigenvalue weighted by Gasteiger charge is -2.23. The van der Waals surface area contributed by atoms with Crippen molar-refractivity contribution < 1.29 is 18.7 Å². The molecular formula is C24H24ClFN4O3. The number of carbonyl (C=O) groups excluding carboxylic acids is 2. The number of amides is 4. The number of urea groups is 2. The maximum Gasteiger partial charge on any atom is 0.326 e. The summed E-state index contributed by atoms with van der Waals surface area (Å²) in [4.78, 5) is 26.5. The summed E-state index contributed by atoms with van der Waals surface area (Å²) >= 11 is 5.89. The number of halogens is 2. The maximum atomic E-state index is 13.4. The van der Waals surface area contributed by atoms with Crippen LogP contribution in [0.25, 0.3) is 0 Å². The number of hydrogen-bond acceptors (Lipinski definition) is 3. The lowest BCUT2D eigenvalue weighted by Crippen LogP contribution is -2.42. The molecule has 0 aliphatic heterocycles. The minimum Gasteiger partial charge on any atom is -0.494 e. The fourth-order valence-electron chi connectivity index (χ4n) is 2.95. The number of hydrogen-bond donors (Lipinski definition) is 3. The third-order valence-corrected chi connectivity index (χ3v) is 4.78. The number of benzene rings is 3. The van der Waals surface area contributed by atoms with Crippen molar-refractivity contribution in [3.05, 3.63) is 83.6 Å². The van der Waals surface area contributed by atoms with E-state index in [2.05, 4.69) is 16.0 Å². The highest BCUT2D eigenvalue weighted by atomic mass is 35.5. The topological polar surface area (TPSA) is 82.7 Å². The largest absolute Gasteiger partial charge is 0.494 e. The second-order valence-electron chi connectivity index (χ2n) is 6.90. The summed E-state index contributed by atoms with van der Waals surface area (Å²) in [6.07, 6.45) is 0. The van der Waals surface area contributed by atoms with Crippen molar-refractivity contribution in [3.63, 3.8) is 0 Å². The van der Waals surface area contributed by atoms with Crippen molar-refractivity contribution >= 4 is 40.7 Å². The Hall–Kier alpha value is -3.78. The molecule has 0 saturated carbocycles. The number of ether oxygens (including phenoxy) is 1. The molecule has 0 spiro atoms. The van der Waals surface area contributed by atoms with Gasteiger partial charge in [-0.05, 0) is 79.7 Å². The Morgan fingerprint density at radius 2 is 1.52 bits per heavy atom. The molecule has 0 saturated heterocycles. The molecule has 0 atom stereocenters. The molecule has 33 heavy (non-hydrogen) atoms. The Labute approximate surface area is 196 Å². The van der Waals surface area contributed by atoms with Gasteiger partial charge in [0.15, 0.2) is 0 Å². The molecule has 9 heteroatoms. The van der Waals surface area contributed by atoms with Crippen LogP contribution in [0.3, 0.4) is 0 Å². The van der Waals surface area contributed by atoms with Gasteiger partial charge in [0, 0.05) is 35.2 Å². The first kappa shape index (κ1) is 23.9. The summed E-state index contributed by atoms with van der Waals surface area (Å²) < 4.78 is 18.7. The smallest absolute Gasteiger partial charge is 0.326 e. The number of nitrogens with one attached hydrogen (secondary N) is 3. The first-order valence-corrected chi connectivity index (χ1v) is 10.7. The van der Waals surface area contributed by atoms with E-state index in [4.69, 9.17) is 16.3 Å². The highest BCUT2D eigenvalue weighted by molar-refractivity contribution is 6.30. The SMILES string of the molecule is CCOc1ccc(NC(=O)NCCN(C(=O)Nc2ccc(Cl)cc2)c2ccc(F)cc2)cc1. The molecular weight excluding hydrogens is 447 g/mol. The average molecular weight is 471 g/mol. The van der Waals surface area contributed by atoms with E-state index in [0.29, 0.717) is 34.4 Å². The third kappa shape index (κ3) is 7.40. The van der Waals surface area contributed by atoms with Crippen molar-refractivity contribution in [2.24, 2.45) is 0 Å². The third-order valence-electron chi connectivity index (χ3n) is 4.52. The number of anilines is 3. The van der Waals surface area contributed by atoms with E-state index in [-0.39, 0.29) is 13.1 Å². The van der Waals surface area contributed by atoms with Crippen molar-refractivity contribution in [3.8, 4) is 5.75 Å². The van der Waals surface area contributed by atoms with Crippen molar-refractivity contribution in [2.45, 2.75) is 6.92 Å². The molecule has 172 valence electrons. The molecule has 0 bridgehead atoms. The molecule has 3 aromatic rings. The lowest BCUT2D eigenvalue weighted by molar-refractivity contribution is 0.250. The van der Waals surface area contributed by atoms with Crippen LogP contribution < -0.4 is 25.6 Å². The summed E-state index contributed by atoms with van der Waals surface area (Å²) in [5, 5.41) is 8.75. The second-order valence-corrected chi connectivity index (χ2v) is 7.34. The molecule has 3 aromatic carbocycles. The van der Waals surface area contributed by atoms with Gasteiger partial charge in [0.2, 0.25) is 0 Å². The molecule has 3 N–H and O–H groups in total. The standard InChI is InChI=1S/C24H24ClFN4O3/c1-2-33-22-13-9-19(10-14-22)28-23(31)27-15-16-30(21-11-5-18(26)6-12-21)24(32)29-20-7-3-17(25)4-8-20/h3-14H,2,15-16H2,1H3,(H,29,32)(H2,27,28,31). The van der Waals surface area contributed by atoms with E-state index in [1.807, 2.05) is 6.92 Å². The highest BCUT2D eigenvalue weighted by Gasteiger charge is 2.16. The van der Waals surface area contributed by atoms with Gasteiger partial charge >= 0.3 is 12.1 Å². The predicted octanol–water partition coefficient (Wildman–Crippen LogP) is 5.74. The Morgan fingerprint density at radius 3 is 2.15 bits per heavy atom. The van der Waals surface area contributed by atoms with E-state index in [1.54, 1.807) is 48.5 Å². The fraction of sp³-hybridized carbons (Fsp3) is 0.167. The molecule has 7 nitrogen and oxygen atoms in total. The van der Waals surface area contributed by atoms with E-state index >= 15 is 0 Å². The monoisotopic (exact) mass is 470 g/mol. The van der Waals surface area contributed by atoms with Crippen LogP contribution in [0.4, 0.5) is 31.0 Å². The van der Waals surface area contributed by atoms with Gasteiger partial charge in [0.25, 0.3) is 0 Å². The molecule has 0 fully saturated rings. The van der Waals surface area contributed by atoms with Crippen LogP contribution in [0.1, 0.15) is 6.92 Å². The van der Waals surface area contributed by atoms with Crippen LogP contribution >= 0.6 is 11.6 Å². The summed E-state index contributed by atoms with van der Waals surface area (Å²) in [7, 11) is 0. The first-order chi connectivity index (χ1) is 15.9. The van der Waals surface area contributed by atoms with Crippen LogP contribution in [0.15, 0.2) is 72.8 Å². The maximum absolute atomic E-state index is 13.4. The Balaban J connectivity index is 1.59. The zero-order valence-electron chi connectivity index (χ0n) is 18.0. The Kier molecular flexibility index (Phi) is 8.49. The van der Waals surface area contributed by atoms with Gasteiger partial charge in [0.1, 0.15) is 11.6 Å². The molecule has 0 aromatic heterocycles. The van der Waals surface area contributed by atoms with Gasteiger partial charge in [-0.3, -0.25) is 4.90 Å². The second kappa shape index (κ2) is 11.7. The Morgan fingerprint density at radius 1 is 0.909 bits per heavy atom. The van der Waals surface area contributed by atoms with Gasteiger partial charge in [-0.2, -0.15) is 0 Å². The molecule has 0 unspecified atom stereocenters. The predicted molar refractivity (Wildman–Crippen MR) is 129 cm³/mol. The van der Waals surface area contributed by atoms with E-state index in [9.17, 15) is 14.0 Å². The Bertz CT molecular complexity index is 1060. The minimum atomic E-state index is -0.433. The molecule has 4 amide bonds. The van der Waals surface area contributed by atoms with Crippen LogP contribution in [0.2, 0.25) is 5.02 Å². The summed E-state index contributed by atoms with van der Waals surface area (Å²) in [5.74, 6) is 0.301. The van der Waals surface area contributed by atoms with Gasteiger partial charge in [-0.1, -0.05) is 11.6 Å². The average Bonchev–Trinajstić information content (AvgIpc) is 2.80. The van der Waals surface area contributed by atoms with Crippen LogP contribution in [0.5, 0.6) is 5.75 Å². The van der Waals surface area contributed by atoms with Crippen LogP contribution in [0, 0.1) is 5.82 Å². The normalized spacial score (nSPS) is 10.3. The van der Waals surface area contributed by atoms with Gasteiger partial charge in [-0.25, -0.2) is 14.0 Å². The van der Waals surface area contributed by atoms with E-state index in [0.717, 1.165) is 0 Å². The molecule has 0 aliphatic carbocycles. The minimum absolute atomic E-state index is 0.155. The van der Waals surface area contributed by atoms with E-state index in [1.165, 1.54) is 29.2 Å².